The second kappa shape index (κ2) is 6.73. The third kappa shape index (κ3) is 3.73. The van der Waals surface area contributed by atoms with Gasteiger partial charge in [-0.1, -0.05) is 22.0 Å². The van der Waals surface area contributed by atoms with Crippen molar-refractivity contribution in [2.24, 2.45) is 0 Å². The van der Waals surface area contributed by atoms with Crippen LogP contribution in [0.2, 0.25) is 0 Å². The van der Waals surface area contributed by atoms with Gasteiger partial charge in [0.2, 0.25) is 0 Å². The van der Waals surface area contributed by atoms with E-state index < -0.39 is 0 Å². The van der Waals surface area contributed by atoms with E-state index in [0.717, 1.165) is 19.4 Å². The minimum atomic E-state index is 0.632. The molecule has 1 atom stereocenters. The predicted molar refractivity (Wildman–Crippen MR) is 93.7 cm³/mol. The van der Waals surface area contributed by atoms with Gasteiger partial charge < -0.3 is 5.32 Å². The Morgan fingerprint density at radius 2 is 2.05 bits per heavy atom. The summed E-state index contributed by atoms with van der Waals surface area (Å²) < 4.78 is 2.43. The third-order valence-electron chi connectivity index (χ3n) is 3.83. The Labute approximate surface area is 141 Å². The van der Waals surface area contributed by atoms with Gasteiger partial charge in [-0.2, -0.15) is 0 Å². The molecule has 20 heavy (non-hydrogen) atoms. The van der Waals surface area contributed by atoms with Crippen LogP contribution in [0.1, 0.15) is 22.4 Å². The summed E-state index contributed by atoms with van der Waals surface area (Å²) >= 11 is 8.91. The van der Waals surface area contributed by atoms with Gasteiger partial charge in [0, 0.05) is 21.9 Å². The smallest absolute Gasteiger partial charge is 0.0701 e. The van der Waals surface area contributed by atoms with Crippen LogP contribution in [-0.4, -0.2) is 12.6 Å². The SMILES string of the molecule is Brc1ccc2c(c1)CCC(NCCc1ccc(Br)s1)C2. The highest BCUT2D eigenvalue weighted by atomic mass is 79.9. The lowest BCUT2D eigenvalue weighted by atomic mass is 9.88. The molecule has 0 spiro atoms. The summed E-state index contributed by atoms with van der Waals surface area (Å²) in [5.41, 5.74) is 3.02. The Morgan fingerprint density at radius 1 is 1.15 bits per heavy atom. The van der Waals surface area contributed by atoms with Crippen molar-refractivity contribution in [2.45, 2.75) is 31.7 Å². The first kappa shape index (κ1) is 14.8. The van der Waals surface area contributed by atoms with E-state index in [1.165, 1.54) is 37.1 Å². The molecule has 0 bridgehead atoms. The zero-order valence-corrected chi connectivity index (χ0v) is 15.2. The highest BCUT2D eigenvalue weighted by Gasteiger charge is 2.18. The summed E-state index contributed by atoms with van der Waals surface area (Å²) in [6, 6.07) is 11.7. The molecule has 2 aromatic rings. The van der Waals surface area contributed by atoms with E-state index in [4.69, 9.17) is 0 Å². The normalized spacial score (nSPS) is 18.0. The molecule has 1 aromatic heterocycles. The Morgan fingerprint density at radius 3 is 2.85 bits per heavy atom. The molecule has 4 heteroatoms. The maximum Gasteiger partial charge on any atom is 0.0701 e. The van der Waals surface area contributed by atoms with Gasteiger partial charge >= 0.3 is 0 Å². The van der Waals surface area contributed by atoms with Crippen molar-refractivity contribution in [3.8, 4) is 0 Å². The quantitative estimate of drug-likeness (QED) is 0.745. The predicted octanol–water partition coefficient (Wildman–Crippen LogP) is 4.96. The van der Waals surface area contributed by atoms with E-state index in [0.29, 0.717) is 6.04 Å². The number of halogens is 2. The van der Waals surface area contributed by atoms with Gasteiger partial charge in [-0.15, -0.1) is 11.3 Å². The first-order chi connectivity index (χ1) is 9.70. The van der Waals surface area contributed by atoms with Crippen molar-refractivity contribution in [2.75, 3.05) is 6.54 Å². The van der Waals surface area contributed by atoms with Crippen LogP contribution in [0, 0.1) is 0 Å². The average molecular weight is 415 g/mol. The van der Waals surface area contributed by atoms with Crippen molar-refractivity contribution < 1.29 is 0 Å². The molecule has 0 saturated heterocycles. The zero-order valence-electron chi connectivity index (χ0n) is 11.2. The molecule has 1 aliphatic carbocycles. The number of hydrogen-bond acceptors (Lipinski definition) is 2. The molecule has 1 nitrogen and oxygen atoms in total. The summed E-state index contributed by atoms with van der Waals surface area (Å²) in [5.74, 6) is 0. The second-order valence-corrected chi connectivity index (χ2v) is 8.73. The van der Waals surface area contributed by atoms with Gasteiger partial charge in [0.1, 0.15) is 0 Å². The molecule has 1 heterocycles. The lowest BCUT2D eigenvalue weighted by molar-refractivity contribution is 0.462. The number of rotatable bonds is 4. The van der Waals surface area contributed by atoms with Gasteiger partial charge in [0.15, 0.2) is 0 Å². The van der Waals surface area contributed by atoms with Crippen LogP contribution in [0.15, 0.2) is 38.6 Å². The van der Waals surface area contributed by atoms with Gasteiger partial charge in [-0.3, -0.25) is 0 Å². The fourth-order valence-electron chi connectivity index (χ4n) is 2.78. The first-order valence-corrected chi connectivity index (χ1v) is 9.36. The fraction of sp³-hybridized carbons (Fsp3) is 0.375. The van der Waals surface area contributed by atoms with Crippen molar-refractivity contribution in [3.05, 3.63) is 54.6 Å². The third-order valence-corrected chi connectivity index (χ3v) is 6.01. The molecule has 0 radical (unpaired) electrons. The molecular weight excluding hydrogens is 398 g/mol. The van der Waals surface area contributed by atoms with E-state index in [2.05, 4.69) is 67.5 Å². The Kier molecular flexibility index (Phi) is 4.97. The largest absolute Gasteiger partial charge is 0.313 e. The Bertz CT molecular complexity index is 594. The van der Waals surface area contributed by atoms with E-state index in [1.807, 2.05) is 11.3 Å². The monoisotopic (exact) mass is 413 g/mol. The lowest BCUT2D eigenvalue weighted by Gasteiger charge is -2.25. The van der Waals surface area contributed by atoms with Crippen LogP contribution in [0.4, 0.5) is 0 Å². The highest BCUT2D eigenvalue weighted by Crippen LogP contribution is 2.25. The molecule has 1 aliphatic rings. The van der Waals surface area contributed by atoms with Crippen molar-refractivity contribution >= 4 is 43.2 Å². The minimum Gasteiger partial charge on any atom is -0.313 e. The van der Waals surface area contributed by atoms with Crippen molar-refractivity contribution in [1.29, 1.82) is 0 Å². The first-order valence-electron chi connectivity index (χ1n) is 6.95. The lowest BCUT2D eigenvalue weighted by Crippen LogP contribution is -2.35. The molecule has 1 aromatic carbocycles. The Balaban J connectivity index is 1.51. The van der Waals surface area contributed by atoms with Crippen molar-refractivity contribution in [3.63, 3.8) is 0 Å². The van der Waals surface area contributed by atoms with Crippen LogP contribution in [0.5, 0.6) is 0 Å². The standard InChI is InChI=1S/C16H17Br2NS/c17-13-3-1-12-10-14(4-2-11(12)9-13)19-8-7-15-5-6-16(18)20-15/h1,3,5-6,9,14,19H,2,4,7-8,10H2. The number of nitrogens with one attached hydrogen (secondary N) is 1. The van der Waals surface area contributed by atoms with Gasteiger partial charge in [-0.25, -0.2) is 0 Å². The van der Waals surface area contributed by atoms with Crippen LogP contribution < -0.4 is 5.32 Å². The topological polar surface area (TPSA) is 12.0 Å². The summed E-state index contributed by atoms with van der Waals surface area (Å²) in [7, 11) is 0. The maximum absolute atomic E-state index is 3.71. The molecule has 0 aliphatic heterocycles. The van der Waals surface area contributed by atoms with E-state index in [-0.39, 0.29) is 0 Å². The molecule has 0 amide bonds. The van der Waals surface area contributed by atoms with Crippen LogP contribution in [-0.2, 0) is 19.3 Å². The molecule has 106 valence electrons. The number of fused-ring (bicyclic) bond motifs is 1. The zero-order chi connectivity index (χ0) is 13.9. The molecule has 3 rings (SSSR count). The van der Waals surface area contributed by atoms with E-state index in [1.54, 1.807) is 0 Å². The van der Waals surface area contributed by atoms with Crippen LogP contribution >= 0.6 is 43.2 Å². The molecular formula is C16H17Br2NS. The van der Waals surface area contributed by atoms with Gasteiger partial charge in [0.25, 0.3) is 0 Å². The van der Waals surface area contributed by atoms with Gasteiger partial charge in [0.05, 0.1) is 3.79 Å². The van der Waals surface area contributed by atoms with Crippen LogP contribution in [0.3, 0.4) is 0 Å². The second-order valence-electron chi connectivity index (χ2n) is 5.26. The molecule has 1 N–H and O–H groups in total. The van der Waals surface area contributed by atoms with Crippen LogP contribution in [0.25, 0.3) is 0 Å². The maximum atomic E-state index is 3.71. The summed E-state index contributed by atoms with van der Waals surface area (Å²) in [5, 5.41) is 3.71. The van der Waals surface area contributed by atoms with Gasteiger partial charge in [-0.05, 0) is 77.0 Å². The average Bonchev–Trinajstić information content (AvgIpc) is 2.85. The number of hydrogen-bond donors (Lipinski definition) is 1. The summed E-state index contributed by atoms with van der Waals surface area (Å²) in [4.78, 5) is 1.45. The van der Waals surface area contributed by atoms with E-state index >= 15 is 0 Å². The fourth-order valence-corrected chi connectivity index (χ4v) is 4.67. The number of aryl methyl sites for hydroxylation is 1. The molecule has 0 saturated carbocycles. The number of thiophene rings is 1. The number of benzene rings is 1. The molecule has 1 unspecified atom stereocenters. The Hall–Kier alpha value is -0.160. The summed E-state index contributed by atoms with van der Waals surface area (Å²) in [6.07, 6.45) is 4.73. The summed E-state index contributed by atoms with van der Waals surface area (Å²) in [6.45, 7) is 1.07. The highest BCUT2D eigenvalue weighted by molar-refractivity contribution is 9.11. The van der Waals surface area contributed by atoms with E-state index in [9.17, 15) is 0 Å². The minimum absolute atomic E-state index is 0.632. The van der Waals surface area contributed by atoms with Crippen molar-refractivity contribution in [1.82, 2.24) is 5.32 Å². The molecule has 0 fully saturated rings.